The van der Waals surface area contributed by atoms with E-state index in [0.29, 0.717) is 18.0 Å². The van der Waals surface area contributed by atoms with Crippen LogP contribution in [-0.2, 0) is 12.6 Å². The van der Waals surface area contributed by atoms with Gasteiger partial charge in [0, 0.05) is 6.42 Å². The Morgan fingerprint density at radius 1 is 1.39 bits per heavy atom. The molecule has 5 nitrogen and oxygen atoms in total. The van der Waals surface area contributed by atoms with Crippen LogP contribution in [0.1, 0.15) is 24.2 Å². The summed E-state index contributed by atoms with van der Waals surface area (Å²) >= 11 is 1.12. The maximum atomic E-state index is 12.6. The zero-order chi connectivity index (χ0) is 13.3. The van der Waals surface area contributed by atoms with Crippen LogP contribution in [0.2, 0.25) is 0 Å². The Morgan fingerprint density at radius 3 is 2.67 bits per heavy atom. The molecule has 0 saturated heterocycles. The van der Waals surface area contributed by atoms with Crippen LogP contribution >= 0.6 is 11.3 Å². The number of nitrogens with two attached hydrogens (primary N) is 1. The van der Waals surface area contributed by atoms with Gasteiger partial charge in [0.15, 0.2) is 0 Å². The van der Waals surface area contributed by atoms with E-state index in [4.69, 9.17) is 5.73 Å². The molecule has 2 rings (SSSR count). The third-order valence-electron chi connectivity index (χ3n) is 2.66. The summed E-state index contributed by atoms with van der Waals surface area (Å²) in [5.74, 6) is -0.857. The molecule has 2 aromatic heterocycles. The monoisotopic (exact) mass is 279 g/mol. The molecule has 0 radical (unpaired) electrons. The third-order valence-corrected chi connectivity index (χ3v) is 3.58. The van der Waals surface area contributed by atoms with Gasteiger partial charge in [0.05, 0.1) is 0 Å². The number of halogens is 3. The lowest BCUT2D eigenvalue weighted by molar-refractivity contribution is -0.146. The molecular weight excluding hydrogens is 267 g/mol. The van der Waals surface area contributed by atoms with Crippen molar-refractivity contribution < 1.29 is 13.2 Å². The fourth-order valence-corrected chi connectivity index (χ4v) is 2.50. The van der Waals surface area contributed by atoms with Gasteiger partial charge in [-0.1, -0.05) is 24.7 Å². The fourth-order valence-electron chi connectivity index (χ4n) is 1.56. The largest absolute Gasteiger partial charge is 0.453 e. The van der Waals surface area contributed by atoms with Gasteiger partial charge in [-0.2, -0.15) is 22.8 Å². The Hall–Kier alpha value is -1.22. The highest BCUT2D eigenvalue weighted by molar-refractivity contribution is 7.16. The molecule has 9 heteroatoms. The van der Waals surface area contributed by atoms with E-state index in [1.54, 1.807) is 0 Å². The van der Waals surface area contributed by atoms with E-state index in [1.807, 2.05) is 6.92 Å². The maximum Gasteiger partial charge on any atom is 0.453 e. The second-order valence-electron chi connectivity index (χ2n) is 3.93. The summed E-state index contributed by atoms with van der Waals surface area (Å²) in [4.78, 5) is 0.157. The Morgan fingerprint density at radius 2 is 2.11 bits per heavy atom. The SMILES string of the molecule is CCC(CN)Cc1nn2c(C(F)(F)F)nnc2s1. The molecule has 2 heterocycles. The highest BCUT2D eigenvalue weighted by atomic mass is 32.1. The predicted molar refractivity (Wildman–Crippen MR) is 60.2 cm³/mol. The lowest BCUT2D eigenvalue weighted by Gasteiger charge is -2.08. The minimum absolute atomic E-state index is 0.157. The molecule has 0 amide bonds. The van der Waals surface area contributed by atoms with Crippen molar-refractivity contribution in [3.05, 3.63) is 10.8 Å². The zero-order valence-electron chi connectivity index (χ0n) is 9.61. The van der Waals surface area contributed by atoms with E-state index in [2.05, 4.69) is 15.3 Å². The molecule has 100 valence electrons. The van der Waals surface area contributed by atoms with Gasteiger partial charge in [-0.15, -0.1) is 10.2 Å². The molecular formula is C9H12F3N5S. The molecule has 0 aliphatic rings. The van der Waals surface area contributed by atoms with Gasteiger partial charge >= 0.3 is 6.18 Å². The van der Waals surface area contributed by atoms with Gasteiger partial charge in [-0.3, -0.25) is 0 Å². The highest BCUT2D eigenvalue weighted by Gasteiger charge is 2.38. The van der Waals surface area contributed by atoms with Crippen LogP contribution in [0.15, 0.2) is 0 Å². The molecule has 0 bridgehead atoms. The first-order chi connectivity index (χ1) is 8.45. The molecule has 0 spiro atoms. The van der Waals surface area contributed by atoms with Crippen LogP contribution in [0.25, 0.3) is 4.96 Å². The molecule has 18 heavy (non-hydrogen) atoms. The Labute approximate surface area is 105 Å². The van der Waals surface area contributed by atoms with Crippen LogP contribution in [-0.4, -0.2) is 26.4 Å². The van der Waals surface area contributed by atoms with Crippen molar-refractivity contribution in [3.8, 4) is 0 Å². The first-order valence-electron chi connectivity index (χ1n) is 5.44. The predicted octanol–water partition coefficient (Wildman–Crippen LogP) is 1.73. The van der Waals surface area contributed by atoms with E-state index in [-0.39, 0.29) is 10.9 Å². The minimum Gasteiger partial charge on any atom is -0.330 e. The molecule has 0 saturated carbocycles. The van der Waals surface area contributed by atoms with Crippen molar-refractivity contribution in [2.45, 2.75) is 25.9 Å². The number of fused-ring (bicyclic) bond motifs is 1. The van der Waals surface area contributed by atoms with E-state index < -0.39 is 12.0 Å². The molecule has 0 aromatic carbocycles. The van der Waals surface area contributed by atoms with E-state index in [9.17, 15) is 13.2 Å². The number of hydrogen-bond donors (Lipinski definition) is 1. The van der Waals surface area contributed by atoms with Gasteiger partial charge in [-0.25, -0.2) is 0 Å². The van der Waals surface area contributed by atoms with Gasteiger partial charge in [0.2, 0.25) is 4.96 Å². The number of aromatic nitrogens is 4. The van der Waals surface area contributed by atoms with Crippen LogP contribution in [0, 0.1) is 5.92 Å². The molecule has 1 unspecified atom stereocenters. The Kier molecular flexibility index (Phi) is 3.53. The number of nitrogens with zero attached hydrogens (tertiary/aromatic N) is 4. The molecule has 0 fully saturated rings. The topological polar surface area (TPSA) is 69.1 Å². The Bertz CT molecular complexity index is 528. The van der Waals surface area contributed by atoms with Crippen molar-refractivity contribution in [2.75, 3.05) is 6.54 Å². The first kappa shape index (κ1) is 13.2. The second kappa shape index (κ2) is 4.81. The average molecular weight is 279 g/mol. The van der Waals surface area contributed by atoms with Crippen molar-refractivity contribution >= 4 is 16.3 Å². The number of alkyl halides is 3. The number of hydrogen-bond acceptors (Lipinski definition) is 5. The molecule has 2 aromatic rings. The quantitative estimate of drug-likeness (QED) is 0.925. The second-order valence-corrected chi connectivity index (χ2v) is 4.97. The summed E-state index contributed by atoms with van der Waals surface area (Å²) in [6.07, 6.45) is -3.11. The zero-order valence-corrected chi connectivity index (χ0v) is 10.4. The molecule has 1 atom stereocenters. The van der Waals surface area contributed by atoms with Crippen LogP contribution in [0.5, 0.6) is 0 Å². The average Bonchev–Trinajstić information content (AvgIpc) is 2.82. The van der Waals surface area contributed by atoms with Crippen LogP contribution in [0.3, 0.4) is 0 Å². The summed E-state index contributed by atoms with van der Waals surface area (Å²) in [6, 6.07) is 0. The van der Waals surface area contributed by atoms with Crippen molar-refractivity contribution in [1.29, 1.82) is 0 Å². The van der Waals surface area contributed by atoms with Crippen molar-refractivity contribution in [2.24, 2.45) is 11.7 Å². The standard InChI is InChI=1S/C9H12F3N5S/c1-2-5(4-13)3-6-16-17-7(9(10,11)12)14-15-8(17)18-6/h5H,2-4,13H2,1H3. The van der Waals surface area contributed by atoms with E-state index in [1.165, 1.54) is 0 Å². The first-order valence-corrected chi connectivity index (χ1v) is 6.25. The Balaban J connectivity index is 2.31. The van der Waals surface area contributed by atoms with Gasteiger partial charge < -0.3 is 5.73 Å². The summed E-state index contributed by atoms with van der Waals surface area (Å²) in [7, 11) is 0. The fraction of sp³-hybridized carbons (Fsp3) is 0.667. The summed E-state index contributed by atoms with van der Waals surface area (Å²) in [5, 5.41) is 11.1. The molecule has 2 N–H and O–H groups in total. The lowest BCUT2D eigenvalue weighted by atomic mass is 10.0. The van der Waals surface area contributed by atoms with E-state index >= 15 is 0 Å². The van der Waals surface area contributed by atoms with Crippen molar-refractivity contribution in [3.63, 3.8) is 0 Å². The van der Waals surface area contributed by atoms with Gasteiger partial charge in [0.25, 0.3) is 5.82 Å². The third kappa shape index (κ3) is 2.46. The van der Waals surface area contributed by atoms with Crippen molar-refractivity contribution in [1.82, 2.24) is 19.8 Å². The highest BCUT2D eigenvalue weighted by Crippen LogP contribution is 2.29. The normalized spacial score (nSPS) is 14.3. The molecule has 0 aliphatic heterocycles. The van der Waals surface area contributed by atoms with Gasteiger partial charge in [0.1, 0.15) is 5.01 Å². The maximum absolute atomic E-state index is 12.6. The number of rotatable bonds is 4. The summed E-state index contributed by atoms with van der Waals surface area (Å²) in [6.45, 7) is 2.47. The van der Waals surface area contributed by atoms with Crippen LogP contribution in [0.4, 0.5) is 13.2 Å². The van der Waals surface area contributed by atoms with Crippen LogP contribution < -0.4 is 5.73 Å². The van der Waals surface area contributed by atoms with E-state index in [0.717, 1.165) is 22.3 Å². The smallest absolute Gasteiger partial charge is 0.330 e. The summed E-state index contributed by atoms with van der Waals surface area (Å²) < 4.78 is 38.5. The summed E-state index contributed by atoms with van der Waals surface area (Å²) in [5.41, 5.74) is 5.56. The van der Waals surface area contributed by atoms with Gasteiger partial charge in [-0.05, 0) is 12.5 Å². The molecule has 0 aliphatic carbocycles. The lowest BCUT2D eigenvalue weighted by Crippen LogP contribution is -2.16. The minimum atomic E-state index is -4.54.